The Morgan fingerprint density at radius 2 is 2.24 bits per heavy atom. The van der Waals surface area contributed by atoms with Crippen molar-refractivity contribution in [2.24, 2.45) is 0 Å². The van der Waals surface area contributed by atoms with Crippen LogP contribution in [-0.2, 0) is 9.84 Å². The standard InChI is InChI=1S/C8H6ClN3O4S/c9-1-2-17(15,16)8-6(4-10)3-7(5-11-8)12(13)14/h3,5H,1-2H2. The molecule has 0 atom stereocenters. The first-order valence-electron chi connectivity index (χ1n) is 4.25. The number of pyridine rings is 1. The third-order valence-corrected chi connectivity index (χ3v) is 3.88. The molecular formula is C8H6ClN3O4S. The van der Waals surface area contributed by atoms with Gasteiger partial charge in [-0.15, -0.1) is 11.6 Å². The van der Waals surface area contributed by atoms with Gasteiger partial charge in [-0.2, -0.15) is 5.26 Å². The predicted molar refractivity (Wildman–Crippen MR) is 58.4 cm³/mol. The van der Waals surface area contributed by atoms with Crippen LogP contribution in [0.2, 0.25) is 0 Å². The first-order chi connectivity index (χ1) is 7.92. The van der Waals surface area contributed by atoms with E-state index < -0.39 is 25.5 Å². The molecule has 0 N–H and O–H groups in total. The average molecular weight is 276 g/mol. The zero-order chi connectivity index (χ0) is 13.1. The van der Waals surface area contributed by atoms with Crippen molar-refractivity contribution in [3.8, 4) is 6.07 Å². The van der Waals surface area contributed by atoms with Gasteiger partial charge in [0.2, 0.25) is 0 Å². The number of halogens is 1. The molecule has 1 aromatic heterocycles. The number of hydrogen-bond acceptors (Lipinski definition) is 6. The lowest BCUT2D eigenvalue weighted by Gasteiger charge is -2.02. The molecule has 17 heavy (non-hydrogen) atoms. The van der Waals surface area contributed by atoms with Gasteiger partial charge in [0.05, 0.1) is 16.2 Å². The van der Waals surface area contributed by atoms with E-state index >= 15 is 0 Å². The number of rotatable bonds is 4. The Balaban J connectivity index is 3.38. The van der Waals surface area contributed by atoms with Gasteiger partial charge in [0.1, 0.15) is 12.3 Å². The maximum Gasteiger partial charge on any atom is 0.288 e. The second kappa shape index (κ2) is 5.07. The molecule has 1 heterocycles. The predicted octanol–water partition coefficient (Wildman–Crippen LogP) is 0.874. The van der Waals surface area contributed by atoms with Crippen LogP contribution in [0.5, 0.6) is 0 Å². The lowest BCUT2D eigenvalue weighted by Crippen LogP contribution is -2.12. The molecule has 90 valence electrons. The first-order valence-corrected chi connectivity index (χ1v) is 6.44. The fourth-order valence-electron chi connectivity index (χ4n) is 1.07. The lowest BCUT2D eigenvalue weighted by atomic mass is 10.3. The van der Waals surface area contributed by atoms with E-state index in [1.165, 1.54) is 0 Å². The maximum absolute atomic E-state index is 11.6. The maximum atomic E-state index is 11.6. The van der Waals surface area contributed by atoms with Crippen molar-refractivity contribution in [1.82, 2.24) is 4.98 Å². The minimum absolute atomic E-state index is 0.147. The van der Waals surface area contributed by atoms with Crippen molar-refractivity contribution in [3.63, 3.8) is 0 Å². The fraction of sp³-hybridized carbons (Fsp3) is 0.250. The van der Waals surface area contributed by atoms with Crippen molar-refractivity contribution < 1.29 is 13.3 Å². The fourth-order valence-corrected chi connectivity index (χ4v) is 2.73. The summed E-state index contributed by atoms with van der Waals surface area (Å²) in [6, 6.07) is 2.44. The van der Waals surface area contributed by atoms with E-state index in [-0.39, 0.29) is 17.2 Å². The summed E-state index contributed by atoms with van der Waals surface area (Å²) in [5, 5.41) is 18.7. The second-order valence-corrected chi connectivity index (χ2v) is 5.33. The molecule has 1 aromatic rings. The van der Waals surface area contributed by atoms with Crippen LogP contribution in [0.3, 0.4) is 0 Å². The Morgan fingerprint density at radius 1 is 1.59 bits per heavy atom. The SMILES string of the molecule is N#Cc1cc([N+](=O)[O-])cnc1S(=O)(=O)CCCl. The van der Waals surface area contributed by atoms with Gasteiger partial charge in [-0.3, -0.25) is 10.1 Å². The number of nitriles is 1. The summed E-state index contributed by atoms with van der Waals surface area (Å²) >= 11 is 5.32. The van der Waals surface area contributed by atoms with Crippen molar-refractivity contribution >= 4 is 27.1 Å². The highest BCUT2D eigenvalue weighted by molar-refractivity contribution is 7.91. The smallest absolute Gasteiger partial charge is 0.258 e. The third-order valence-electron chi connectivity index (χ3n) is 1.81. The monoisotopic (exact) mass is 275 g/mol. The topological polar surface area (TPSA) is 114 Å². The van der Waals surface area contributed by atoms with Crippen LogP contribution in [0, 0.1) is 21.4 Å². The molecule has 0 unspecified atom stereocenters. The van der Waals surface area contributed by atoms with E-state index in [4.69, 9.17) is 16.9 Å². The molecule has 7 nitrogen and oxygen atoms in total. The summed E-state index contributed by atoms with van der Waals surface area (Å²) < 4.78 is 23.3. The first kappa shape index (κ1) is 13.3. The normalized spacial score (nSPS) is 10.8. The minimum atomic E-state index is -3.78. The lowest BCUT2D eigenvalue weighted by molar-refractivity contribution is -0.385. The van der Waals surface area contributed by atoms with Crippen molar-refractivity contribution in [2.75, 3.05) is 11.6 Å². The zero-order valence-corrected chi connectivity index (χ0v) is 9.90. The molecule has 0 aromatic carbocycles. The number of hydrogen-bond donors (Lipinski definition) is 0. The molecule has 0 amide bonds. The molecule has 0 aliphatic rings. The Morgan fingerprint density at radius 3 is 2.71 bits per heavy atom. The molecular weight excluding hydrogens is 270 g/mol. The Bertz CT molecular complexity index is 593. The number of nitrogens with zero attached hydrogens (tertiary/aromatic N) is 3. The van der Waals surface area contributed by atoms with Crippen LogP contribution in [-0.4, -0.2) is 30.0 Å². The van der Waals surface area contributed by atoms with Gasteiger partial charge < -0.3 is 0 Å². The van der Waals surface area contributed by atoms with Gasteiger partial charge in [-0.05, 0) is 0 Å². The molecule has 1 rings (SSSR count). The van der Waals surface area contributed by atoms with E-state index in [9.17, 15) is 18.5 Å². The van der Waals surface area contributed by atoms with Gasteiger partial charge >= 0.3 is 0 Å². The minimum Gasteiger partial charge on any atom is -0.258 e. The summed E-state index contributed by atoms with van der Waals surface area (Å²) in [5.41, 5.74) is -0.796. The highest BCUT2D eigenvalue weighted by Gasteiger charge is 2.22. The summed E-state index contributed by atoms with van der Waals surface area (Å²) in [7, 11) is -3.78. The van der Waals surface area contributed by atoms with Crippen LogP contribution < -0.4 is 0 Å². The number of nitro groups is 1. The molecule has 0 bridgehead atoms. The average Bonchev–Trinajstić information content (AvgIpc) is 2.28. The third kappa shape index (κ3) is 2.89. The Hall–Kier alpha value is -1.72. The largest absolute Gasteiger partial charge is 0.288 e. The molecule has 9 heteroatoms. The highest BCUT2D eigenvalue weighted by Crippen LogP contribution is 2.19. The summed E-state index contributed by atoms with van der Waals surface area (Å²) in [6.45, 7) is 0. The van der Waals surface area contributed by atoms with Gasteiger partial charge in [-0.25, -0.2) is 13.4 Å². The van der Waals surface area contributed by atoms with Crippen molar-refractivity contribution in [1.29, 1.82) is 5.26 Å². The quantitative estimate of drug-likeness (QED) is 0.457. The van der Waals surface area contributed by atoms with Crippen LogP contribution in [0.15, 0.2) is 17.3 Å². The van der Waals surface area contributed by atoms with E-state index in [0.29, 0.717) is 0 Å². The Kier molecular flexibility index (Phi) is 3.98. The van der Waals surface area contributed by atoms with Crippen molar-refractivity contribution in [2.45, 2.75) is 5.03 Å². The van der Waals surface area contributed by atoms with Gasteiger partial charge in [-0.1, -0.05) is 0 Å². The van der Waals surface area contributed by atoms with Crippen LogP contribution in [0.25, 0.3) is 0 Å². The van der Waals surface area contributed by atoms with Gasteiger partial charge in [0, 0.05) is 11.9 Å². The van der Waals surface area contributed by atoms with E-state index in [1.54, 1.807) is 6.07 Å². The summed E-state index contributed by atoms with van der Waals surface area (Å²) in [5.74, 6) is -0.528. The summed E-state index contributed by atoms with van der Waals surface area (Å²) in [4.78, 5) is 13.1. The zero-order valence-electron chi connectivity index (χ0n) is 8.33. The van der Waals surface area contributed by atoms with E-state index in [1.807, 2.05) is 0 Å². The molecule has 0 fully saturated rings. The number of sulfone groups is 1. The Labute approximate surface area is 102 Å². The number of alkyl halides is 1. The molecule has 0 saturated heterocycles. The van der Waals surface area contributed by atoms with Crippen LogP contribution in [0.4, 0.5) is 5.69 Å². The molecule has 0 aliphatic carbocycles. The summed E-state index contributed by atoms with van der Waals surface area (Å²) in [6.07, 6.45) is 0.794. The van der Waals surface area contributed by atoms with Gasteiger partial charge in [0.25, 0.3) is 5.69 Å². The van der Waals surface area contributed by atoms with Crippen LogP contribution >= 0.6 is 11.6 Å². The van der Waals surface area contributed by atoms with Crippen molar-refractivity contribution in [3.05, 3.63) is 27.9 Å². The number of aromatic nitrogens is 1. The van der Waals surface area contributed by atoms with E-state index in [0.717, 1.165) is 12.3 Å². The van der Waals surface area contributed by atoms with E-state index in [2.05, 4.69) is 4.98 Å². The molecule has 0 radical (unpaired) electrons. The second-order valence-electron chi connectivity index (χ2n) is 2.92. The highest BCUT2D eigenvalue weighted by atomic mass is 35.5. The van der Waals surface area contributed by atoms with Gasteiger partial charge in [0.15, 0.2) is 14.9 Å². The van der Waals surface area contributed by atoms with Crippen LogP contribution in [0.1, 0.15) is 5.56 Å². The molecule has 0 saturated carbocycles. The molecule has 0 spiro atoms. The molecule has 0 aliphatic heterocycles.